The van der Waals surface area contributed by atoms with Gasteiger partial charge in [-0.1, -0.05) is 19.3 Å². The quantitative estimate of drug-likeness (QED) is 0.908. The van der Waals surface area contributed by atoms with Gasteiger partial charge in [-0.05, 0) is 32.6 Å². The highest BCUT2D eigenvalue weighted by Crippen LogP contribution is 2.37. The predicted octanol–water partition coefficient (Wildman–Crippen LogP) is 2.72. The highest BCUT2D eigenvalue weighted by Gasteiger charge is 2.27. The number of carbonyl (C=O) groups is 1. The number of aromatic nitrogens is 2. The lowest BCUT2D eigenvalue weighted by Crippen LogP contribution is -2.36. The van der Waals surface area contributed by atoms with Gasteiger partial charge in [0.1, 0.15) is 5.82 Å². The molecule has 1 heterocycles. The zero-order valence-electron chi connectivity index (χ0n) is 11.5. The van der Waals surface area contributed by atoms with E-state index in [1.54, 1.807) is 6.20 Å². The molecule has 0 aromatic carbocycles. The monoisotopic (exact) mass is 259 g/mol. The van der Waals surface area contributed by atoms with Crippen molar-refractivity contribution in [3.63, 3.8) is 0 Å². The minimum Gasteiger partial charge on any atom is -0.349 e. The zero-order chi connectivity index (χ0) is 13.2. The minimum absolute atomic E-state index is 0.00764. The van der Waals surface area contributed by atoms with Crippen LogP contribution in [-0.4, -0.2) is 21.9 Å². The van der Waals surface area contributed by atoms with Crippen molar-refractivity contribution in [3.8, 4) is 0 Å². The van der Waals surface area contributed by atoms with E-state index in [1.165, 1.54) is 32.1 Å². The second-order valence-electron chi connectivity index (χ2n) is 5.81. The normalized spacial score (nSPS) is 20.3. The maximum absolute atomic E-state index is 12.2. The molecule has 0 saturated heterocycles. The number of hydrogen-bond acceptors (Lipinski definition) is 3. The van der Waals surface area contributed by atoms with Crippen LogP contribution in [0.2, 0.25) is 0 Å². The summed E-state index contributed by atoms with van der Waals surface area (Å²) in [4.78, 5) is 21.1. The average molecular weight is 259 g/mol. The van der Waals surface area contributed by atoms with E-state index in [4.69, 9.17) is 0 Å². The molecule has 2 aliphatic rings. The molecule has 1 aromatic rings. The Morgan fingerprint density at radius 3 is 2.58 bits per heavy atom. The molecule has 2 aliphatic carbocycles. The van der Waals surface area contributed by atoms with Crippen LogP contribution in [0.5, 0.6) is 0 Å². The molecule has 0 spiro atoms. The molecule has 0 atom stereocenters. The predicted molar refractivity (Wildman–Crippen MR) is 73.1 cm³/mol. The Kier molecular flexibility index (Phi) is 3.49. The summed E-state index contributed by atoms with van der Waals surface area (Å²) in [6.07, 6.45) is 10.0. The van der Waals surface area contributed by atoms with E-state index in [2.05, 4.69) is 15.3 Å². The lowest BCUT2D eigenvalue weighted by atomic mass is 9.95. The van der Waals surface area contributed by atoms with Crippen LogP contribution < -0.4 is 5.32 Å². The second-order valence-corrected chi connectivity index (χ2v) is 5.81. The summed E-state index contributed by atoms with van der Waals surface area (Å²) in [6, 6.07) is 0.337. The molecular formula is C15H21N3O. The molecule has 0 bridgehead atoms. The topological polar surface area (TPSA) is 54.9 Å². The number of nitrogens with one attached hydrogen (secondary N) is 1. The van der Waals surface area contributed by atoms with E-state index in [0.29, 0.717) is 17.5 Å². The summed E-state index contributed by atoms with van der Waals surface area (Å²) in [5.41, 5.74) is 1.44. The first-order chi connectivity index (χ1) is 9.24. The average Bonchev–Trinajstić information content (AvgIpc) is 3.24. The molecule has 4 nitrogen and oxygen atoms in total. The lowest BCUT2D eigenvalue weighted by molar-refractivity contribution is 0.0926. The highest BCUT2D eigenvalue weighted by molar-refractivity contribution is 5.95. The molecule has 0 radical (unpaired) electrons. The van der Waals surface area contributed by atoms with Crippen LogP contribution in [0.1, 0.15) is 72.7 Å². The van der Waals surface area contributed by atoms with Gasteiger partial charge in [0, 0.05) is 18.2 Å². The number of carbonyl (C=O) groups excluding carboxylic acids is 1. The molecule has 1 N–H and O–H groups in total. The molecular weight excluding hydrogens is 238 g/mol. The smallest absolute Gasteiger partial charge is 0.254 e. The van der Waals surface area contributed by atoms with Crippen molar-refractivity contribution in [1.82, 2.24) is 15.3 Å². The number of rotatable bonds is 3. The van der Waals surface area contributed by atoms with Crippen LogP contribution in [0.25, 0.3) is 0 Å². The van der Waals surface area contributed by atoms with Gasteiger partial charge < -0.3 is 5.32 Å². The van der Waals surface area contributed by atoms with Crippen LogP contribution in [0.4, 0.5) is 0 Å². The van der Waals surface area contributed by atoms with Gasteiger partial charge in [0.2, 0.25) is 0 Å². The molecule has 19 heavy (non-hydrogen) atoms. The van der Waals surface area contributed by atoms with Crippen molar-refractivity contribution in [2.75, 3.05) is 0 Å². The molecule has 4 heteroatoms. The molecule has 1 aromatic heterocycles. The second kappa shape index (κ2) is 5.27. The maximum Gasteiger partial charge on any atom is 0.254 e. The fourth-order valence-corrected chi connectivity index (χ4v) is 2.76. The number of hydrogen-bond donors (Lipinski definition) is 1. The van der Waals surface area contributed by atoms with Gasteiger partial charge in [-0.15, -0.1) is 0 Å². The van der Waals surface area contributed by atoms with Crippen LogP contribution in [0.3, 0.4) is 0 Å². The van der Waals surface area contributed by atoms with E-state index in [1.807, 2.05) is 6.92 Å². The van der Waals surface area contributed by atoms with Crippen molar-refractivity contribution in [3.05, 3.63) is 23.3 Å². The first kappa shape index (κ1) is 12.6. The first-order valence-electron chi connectivity index (χ1n) is 7.38. The van der Waals surface area contributed by atoms with E-state index in [9.17, 15) is 4.79 Å². The van der Waals surface area contributed by atoms with Crippen molar-refractivity contribution in [2.24, 2.45) is 0 Å². The van der Waals surface area contributed by atoms with Gasteiger partial charge in [-0.3, -0.25) is 4.79 Å². The molecule has 1 amide bonds. The molecule has 2 fully saturated rings. The Labute approximate surface area is 114 Å². The fourth-order valence-electron chi connectivity index (χ4n) is 2.76. The van der Waals surface area contributed by atoms with Gasteiger partial charge in [0.25, 0.3) is 5.91 Å². The van der Waals surface area contributed by atoms with E-state index < -0.39 is 0 Å². The Hall–Kier alpha value is -1.45. The Balaban J connectivity index is 1.68. The van der Waals surface area contributed by atoms with Gasteiger partial charge in [-0.2, -0.15) is 0 Å². The number of nitrogens with zero attached hydrogens (tertiary/aromatic N) is 2. The summed E-state index contributed by atoms with van der Waals surface area (Å²) in [5.74, 6) is 1.44. The number of amides is 1. The minimum atomic E-state index is -0.00764. The van der Waals surface area contributed by atoms with Crippen LogP contribution >= 0.6 is 0 Å². The molecule has 0 aliphatic heterocycles. The zero-order valence-corrected chi connectivity index (χ0v) is 11.5. The Morgan fingerprint density at radius 2 is 1.95 bits per heavy atom. The van der Waals surface area contributed by atoms with Crippen LogP contribution in [0, 0.1) is 6.92 Å². The highest BCUT2D eigenvalue weighted by atomic mass is 16.1. The summed E-state index contributed by atoms with van der Waals surface area (Å²) >= 11 is 0. The van der Waals surface area contributed by atoms with Crippen molar-refractivity contribution < 1.29 is 4.79 Å². The van der Waals surface area contributed by atoms with E-state index in [-0.39, 0.29) is 5.91 Å². The summed E-state index contributed by atoms with van der Waals surface area (Å²) in [7, 11) is 0. The van der Waals surface area contributed by atoms with Crippen LogP contribution in [-0.2, 0) is 0 Å². The molecule has 3 rings (SSSR count). The van der Waals surface area contributed by atoms with E-state index in [0.717, 1.165) is 24.4 Å². The van der Waals surface area contributed by atoms with E-state index >= 15 is 0 Å². The molecule has 0 unspecified atom stereocenters. The molecule has 2 saturated carbocycles. The largest absolute Gasteiger partial charge is 0.349 e. The van der Waals surface area contributed by atoms with Crippen molar-refractivity contribution in [2.45, 2.75) is 63.8 Å². The summed E-state index contributed by atoms with van der Waals surface area (Å²) in [5, 5.41) is 3.12. The lowest BCUT2D eigenvalue weighted by Gasteiger charge is -2.22. The SMILES string of the molecule is Cc1nc(C2CC2)ncc1C(=O)NC1CCCCC1. The Bertz CT molecular complexity index is 476. The Morgan fingerprint density at radius 1 is 1.21 bits per heavy atom. The van der Waals surface area contributed by atoms with Gasteiger partial charge in [-0.25, -0.2) is 9.97 Å². The first-order valence-corrected chi connectivity index (χ1v) is 7.38. The van der Waals surface area contributed by atoms with Crippen LogP contribution in [0.15, 0.2) is 6.20 Å². The number of aryl methyl sites for hydroxylation is 1. The fraction of sp³-hybridized carbons (Fsp3) is 0.667. The van der Waals surface area contributed by atoms with Gasteiger partial charge in [0.05, 0.1) is 11.3 Å². The third kappa shape index (κ3) is 2.94. The summed E-state index contributed by atoms with van der Waals surface area (Å²) in [6.45, 7) is 1.91. The van der Waals surface area contributed by atoms with Gasteiger partial charge >= 0.3 is 0 Å². The maximum atomic E-state index is 12.2. The van der Waals surface area contributed by atoms with Gasteiger partial charge in [0.15, 0.2) is 0 Å². The summed E-state index contributed by atoms with van der Waals surface area (Å²) < 4.78 is 0. The van der Waals surface area contributed by atoms with Crippen molar-refractivity contribution in [1.29, 1.82) is 0 Å². The third-order valence-corrected chi connectivity index (χ3v) is 4.13. The standard InChI is InChI=1S/C15H21N3O/c1-10-13(9-16-14(17-10)11-7-8-11)15(19)18-12-5-3-2-4-6-12/h9,11-12H,2-8H2,1H3,(H,18,19). The van der Waals surface area contributed by atoms with Crippen molar-refractivity contribution >= 4 is 5.91 Å². The molecule has 102 valence electrons. The third-order valence-electron chi connectivity index (χ3n) is 4.13.